The van der Waals surface area contributed by atoms with Gasteiger partial charge in [-0.25, -0.2) is 4.39 Å². The van der Waals surface area contributed by atoms with Crippen molar-refractivity contribution in [2.75, 3.05) is 0 Å². The first-order valence-electron chi connectivity index (χ1n) is 17.1. The largest absolute Gasteiger partial charge is 0.213 e. The van der Waals surface area contributed by atoms with Crippen LogP contribution in [0.15, 0.2) is 12.4 Å². The third-order valence-corrected chi connectivity index (χ3v) is 11.1. The van der Waals surface area contributed by atoms with E-state index in [9.17, 15) is 4.39 Å². The molecule has 3 aliphatic carbocycles. The Morgan fingerprint density at radius 2 is 1.32 bits per heavy atom. The molecule has 6 atom stereocenters. The Hall–Kier alpha value is -0.330. The van der Waals surface area contributed by atoms with Crippen LogP contribution in [0.3, 0.4) is 0 Å². The van der Waals surface area contributed by atoms with E-state index >= 15 is 0 Å². The lowest BCUT2D eigenvalue weighted by molar-refractivity contribution is 0.0967. The molecular weight excluding hydrogens is 463 g/mol. The van der Waals surface area contributed by atoms with Gasteiger partial charge in [0.15, 0.2) is 0 Å². The standard InChI is InChI=1S/C17H34.C9H18.C8H16.C3H5F/c1-7-13(3)14(4)15-9-11-16(12-10-15)17(5,6)8-2;1-8-5-3-4-6-9(2)7-8;1-3-8-6-4-5-7(8)2;1-3(2)4/h13-16H,7-12H2,1-6H3;8-9H,3-7H2,1-2H3;7-8H,3-6H2,1-2H3;1H2,2H3. The van der Waals surface area contributed by atoms with Crippen molar-refractivity contribution in [3.8, 4) is 0 Å². The zero-order valence-electron chi connectivity index (χ0n) is 28.3. The van der Waals surface area contributed by atoms with Crippen LogP contribution in [0.5, 0.6) is 0 Å². The van der Waals surface area contributed by atoms with E-state index in [0.29, 0.717) is 5.41 Å². The highest BCUT2D eigenvalue weighted by atomic mass is 19.1. The minimum Gasteiger partial charge on any atom is -0.213 e. The molecule has 0 amide bonds. The molecule has 0 spiro atoms. The van der Waals surface area contributed by atoms with Crippen molar-refractivity contribution >= 4 is 0 Å². The van der Waals surface area contributed by atoms with Crippen LogP contribution in [0.1, 0.15) is 172 Å². The Balaban J connectivity index is 0.000000546. The SMILES string of the molecule is C=C(C)F.CC1CCCCC(C)C1.CCC(C)C(C)C1CCC(C(C)(C)CC)CC1.CCC1CCCC1C. The maximum Gasteiger partial charge on any atom is 0.0897 e. The van der Waals surface area contributed by atoms with Gasteiger partial charge in [-0.2, -0.15) is 0 Å². The van der Waals surface area contributed by atoms with E-state index in [2.05, 4.69) is 75.8 Å². The molecule has 38 heavy (non-hydrogen) atoms. The summed E-state index contributed by atoms with van der Waals surface area (Å²) in [6.07, 6.45) is 21.9. The summed E-state index contributed by atoms with van der Waals surface area (Å²) in [5, 5.41) is 0. The fraction of sp³-hybridized carbons (Fsp3) is 0.946. The van der Waals surface area contributed by atoms with Crippen LogP contribution in [0.2, 0.25) is 0 Å². The first-order chi connectivity index (χ1) is 17.8. The molecule has 0 saturated heterocycles. The Morgan fingerprint density at radius 3 is 1.66 bits per heavy atom. The van der Waals surface area contributed by atoms with Crippen molar-refractivity contribution in [2.45, 2.75) is 172 Å². The van der Waals surface area contributed by atoms with Crippen LogP contribution in [-0.4, -0.2) is 0 Å². The molecule has 0 bridgehead atoms. The van der Waals surface area contributed by atoms with Gasteiger partial charge in [-0.3, -0.25) is 0 Å². The second-order valence-corrected chi connectivity index (χ2v) is 14.7. The minimum atomic E-state index is -0.333. The van der Waals surface area contributed by atoms with Gasteiger partial charge in [-0.1, -0.05) is 140 Å². The highest BCUT2D eigenvalue weighted by Gasteiger charge is 2.34. The molecular formula is C37H73F. The van der Waals surface area contributed by atoms with Gasteiger partial charge in [0.25, 0.3) is 0 Å². The summed E-state index contributed by atoms with van der Waals surface area (Å²) < 4.78 is 10.8. The Kier molecular flexibility index (Phi) is 20.4. The smallest absolute Gasteiger partial charge is 0.0897 e. The summed E-state index contributed by atoms with van der Waals surface area (Å²) in [6.45, 7) is 28.2. The molecule has 3 fully saturated rings. The van der Waals surface area contributed by atoms with Gasteiger partial charge in [0, 0.05) is 0 Å². The molecule has 0 aromatic heterocycles. The number of allylic oxidation sites excluding steroid dienone is 1. The van der Waals surface area contributed by atoms with Crippen molar-refractivity contribution < 1.29 is 4.39 Å². The summed E-state index contributed by atoms with van der Waals surface area (Å²) >= 11 is 0. The van der Waals surface area contributed by atoms with Crippen molar-refractivity contribution in [3.05, 3.63) is 12.4 Å². The number of hydrogen-bond donors (Lipinski definition) is 0. The van der Waals surface area contributed by atoms with E-state index < -0.39 is 0 Å². The predicted octanol–water partition coefficient (Wildman–Crippen LogP) is 13.5. The topological polar surface area (TPSA) is 0 Å². The van der Waals surface area contributed by atoms with Crippen molar-refractivity contribution in [2.24, 2.45) is 52.8 Å². The van der Waals surface area contributed by atoms with Crippen molar-refractivity contribution in [1.82, 2.24) is 0 Å². The first kappa shape index (κ1) is 37.7. The van der Waals surface area contributed by atoms with Crippen LogP contribution in [0.25, 0.3) is 0 Å². The summed E-state index contributed by atoms with van der Waals surface area (Å²) in [5.74, 6) is 7.60. The minimum absolute atomic E-state index is 0.333. The van der Waals surface area contributed by atoms with Crippen LogP contribution in [0.4, 0.5) is 4.39 Å². The molecule has 0 aromatic carbocycles. The number of halogens is 1. The zero-order valence-corrected chi connectivity index (χ0v) is 28.3. The van der Waals surface area contributed by atoms with Gasteiger partial charge in [0.1, 0.15) is 0 Å². The van der Waals surface area contributed by atoms with E-state index in [1.165, 1.54) is 103 Å². The van der Waals surface area contributed by atoms with E-state index in [4.69, 9.17) is 0 Å². The fourth-order valence-electron chi connectivity index (χ4n) is 7.29. The van der Waals surface area contributed by atoms with E-state index in [0.717, 1.165) is 47.3 Å². The van der Waals surface area contributed by atoms with Gasteiger partial charge in [0.2, 0.25) is 0 Å². The van der Waals surface area contributed by atoms with Gasteiger partial charge in [-0.15, -0.1) is 0 Å². The predicted molar refractivity (Wildman–Crippen MR) is 172 cm³/mol. The molecule has 3 aliphatic rings. The van der Waals surface area contributed by atoms with Gasteiger partial charge in [0.05, 0.1) is 5.83 Å². The number of rotatable bonds is 6. The zero-order chi connectivity index (χ0) is 29.3. The molecule has 6 unspecified atom stereocenters. The normalized spacial score (nSPS) is 31.2. The monoisotopic (exact) mass is 537 g/mol. The maximum absolute atomic E-state index is 10.8. The van der Waals surface area contributed by atoms with Crippen LogP contribution < -0.4 is 0 Å². The van der Waals surface area contributed by atoms with Crippen molar-refractivity contribution in [1.29, 1.82) is 0 Å². The third-order valence-electron chi connectivity index (χ3n) is 11.1. The molecule has 0 heterocycles. The van der Waals surface area contributed by atoms with Gasteiger partial charge in [-0.05, 0) is 91.8 Å². The second kappa shape index (κ2) is 20.5. The van der Waals surface area contributed by atoms with E-state index in [1.807, 2.05) is 0 Å². The van der Waals surface area contributed by atoms with Crippen molar-refractivity contribution in [3.63, 3.8) is 0 Å². The van der Waals surface area contributed by atoms with E-state index in [-0.39, 0.29) is 5.83 Å². The summed E-state index contributed by atoms with van der Waals surface area (Å²) in [5.41, 5.74) is 0.574. The average molecular weight is 537 g/mol. The number of hydrogen-bond acceptors (Lipinski definition) is 0. The second-order valence-electron chi connectivity index (χ2n) is 14.7. The third kappa shape index (κ3) is 16.1. The first-order valence-corrected chi connectivity index (χ1v) is 17.1. The molecule has 0 aromatic rings. The maximum atomic E-state index is 10.8. The van der Waals surface area contributed by atoms with Crippen LogP contribution in [0, 0.1) is 52.8 Å². The quantitative estimate of drug-likeness (QED) is 0.296. The van der Waals surface area contributed by atoms with Gasteiger partial charge < -0.3 is 0 Å². The molecule has 0 N–H and O–H groups in total. The molecule has 0 nitrogen and oxygen atoms in total. The fourth-order valence-corrected chi connectivity index (χ4v) is 7.29. The highest BCUT2D eigenvalue weighted by Crippen LogP contribution is 2.45. The Labute approximate surface area is 241 Å². The lowest BCUT2D eigenvalue weighted by Gasteiger charge is -2.41. The molecule has 3 saturated carbocycles. The lowest BCUT2D eigenvalue weighted by Crippen LogP contribution is -2.31. The van der Waals surface area contributed by atoms with E-state index in [1.54, 1.807) is 0 Å². The Bertz CT molecular complexity index is 555. The molecule has 0 aliphatic heterocycles. The molecule has 3 rings (SSSR count). The Morgan fingerprint density at radius 1 is 0.816 bits per heavy atom. The highest BCUT2D eigenvalue weighted by molar-refractivity contribution is 4.84. The molecule has 1 heteroatoms. The summed E-state index contributed by atoms with van der Waals surface area (Å²) in [6, 6.07) is 0. The van der Waals surface area contributed by atoms with Gasteiger partial charge >= 0.3 is 0 Å². The summed E-state index contributed by atoms with van der Waals surface area (Å²) in [4.78, 5) is 0. The van der Waals surface area contributed by atoms with Crippen LogP contribution in [-0.2, 0) is 0 Å². The summed E-state index contributed by atoms with van der Waals surface area (Å²) in [7, 11) is 0. The van der Waals surface area contributed by atoms with Crippen LogP contribution >= 0.6 is 0 Å². The average Bonchev–Trinajstić information content (AvgIpc) is 3.20. The lowest BCUT2D eigenvalue weighted by atomic mass is 9.64. The molecule has 228 valence electrons. The molecule has 0 radical (unpaired) electrons.